The van der Waals surface area contributed by atoms with Gasteiger partial charge in [0.25, 0.3) is 0 Å². The van der Waals surface area contributed by atoms with Crippen molar-refractivity contribution in [3.63, 3.8) is 0 Å². The monoisotopic (exact) mass is 193 g/mol. The predicted octanol–water partition coefficient (Wildman–Crippen LogP) is 3.09. The summed E-state index contributed by atoms with van der Waals surface area (Å²) in [5.41, 5.74) is 0.795. The van der Waals surface area contributed by atoms with E-state index in [-0.39, 0.29) is 6.10 Å². The molecule has 14 heavy (non-hydrogen) atoms. The van der Waals surface area contributed by atoms with Crippen LogP contribution in [-0.4, -0.2) is 10.1 Å². The highest BCUT2D eigenvalue weighted by Gasteiger charge is 2.06. The van der Waals surface area contributed by atoms with Crippen molar-refractivity contribution in [2.75, 3.05) is 0 Å². The van der Waals surface area contributed by atoms with Crippen molar-refractivity contribution < 1.29 is 5.11 Å². The first-order chi connectivity index (χ1) is 6.84. The number of hydrogen-bond acceptors (Lipinski definition) is 2. The molecule has 0 radical (unpaired) electrons. The predicted molar refractivity (Wildman–Crippen MR) is 58.0 cm³/mol. The van der Waals surface area contributed by atoms with Crippen molar-refractivity contribution in [3.05, 3.63) is 30.1 Å². The van der Waals surface area contributed by atoms with Crippen LogP contribution in [0.1, 0.15) is 50.8 Å². The molecule has 0 aliphatic heterocycles. The summed E-state index contributed by atoms with van der Waals surface area (Å²) in [6, 6.07) is 5.66. The van der Waals surface area contributed by atoms with Gasteiger partial charge in [0.2, 0.25) is 0 Å². The van der Waals surface area contributed by atoms with Gasteiger partial charge in [0.15, 0.2) is 0 Å². The average Bonchev–Trinajstić information content (AvgIpc) is 2.25. The van der Waals surface area contributed by atoms with Crippen LogP contribution in [0.25, 0.3) is 0 Å². The van der Waals surface area contributed by atoms with Crippen molar-refractivity contribution in [1.82, 2.24) is 4.98 Å². The Kier molecular flexibility index (Phi) is 5.23. The molecule has 0 saturated carbocycles. The largest absolute Gasteiger partial charge is 0.387 e. The summed E-state index contributed by atoms with van der Waals surface area (Å²) in [5.74, 6) is 0. The molecule has 0 saturated heterocycles. The molecule has 1 rings (SSSR count). The lowest BCUT2D eigenvalue weighted by atomic mass is 10.1. The Balaban J connectivity index is 2.25. The molecule has 0 aliphatic rings. The van der Waals surface area contributed by atoms with Crippen LogP contribution in [0.4, 0.5) is 0 Å². The first-order valence-electron chi connectivity index (χ1n) is 5.43. The number of rotatable bonds is 6. The molecule has 1 N–H and O–H groups in total. The van der Waals surface area contributed by atoms with E-state index in [0.717, 1.165) is 18.5 Å². The Hall–Kier alpha value is -0.890. The molecule has 1 unspecified atom stereocenters. The van der Waals surface area contributed by atoms with Crippen molar-refractivity contribution >= 4 is 0 Å². The summed E-state index contributed by atoms with van der Waals surface area (Å²) in [4.78, 5) is 4.13. The molecule has 1 aromatic rings. The lowest BCUT2D eigenvalue weighted by Crippen LogP contribution is -1.99. The highest BCUT2D eigenvalue weighted by atomic mass is 16.3. The van der Waals surface area contributed by atoms with Gasteiger partial charge in [-0.1, -0.05) is 38.7 Å². The zero-order valence-electron chi connectivity index (χ0n) is 8.82. The van der Waals surface area contributed by atoms with Gasteiger partial charge in [0.05, 0.1) is 11.8 Å². The maximum atomic E-state index is 9.76. The molecule has 1 aromatic heterocycles. The zero-order valence-corrected chi connectivity index (χ0v) is 8.82. The van der Waals surface area contributed by atoms with E-state index in [1.165, 1.54) is 19.3 Å². The molecule has 0 aliphatic carbocycles. The number of aliphatic hydroxyl groups excluding tert-OH is 1. The number of aliphatic hydroxyl groups is 1. The summed E-state index contributed by atoms with van der Waals surface area (Å²) in [6.45, 7) is 2.19. The number of aromatic nitrogens is 1. The van der Waals surface area contributed by atoms with E-state index >= 15 is 0 Å². The molecular formula is C12H19NO. The highest BCUT2D eigenvalue weighted by Crippen LogP contribution is 2.17. The number of hydrogen-bond donors (Lipinski definition) is 1. The fourth-order valence-corrected chi connectivity index (χ4v) is 1.49. The van der Waals surface area contributed by atoms with Crippen LogP contribution in [-0.2, 0) is 0 Å². The molecule has 0 aromatic carbocycles. The molecular weight excluding hydrogens is 174 g/mol. The van der Waals surface area contributed by atoms with Gasteiger partial charge in [-0.05, 0) is 18.6 Å². The summed E-state index contributed by atoms with van der Waals surface area (Å²) in [5, 5.41) is 9.76. The van der Waals surface area contributed by atoms with Crippen LogP contribution in [0, 0.1) is 0 Å². The van der Waals surface area contributed by atoms with Gasteiger partial charge in [-0.15, -0.1) is 0 Å². The second-order valence-electron chi connectivity index (χ2n) is 3.62. The van der Waals surface area contributed by atoms with Crippen molar-refractivity contribution in [3.8, 4) is 0 Å². The van der Waals surface area contributed by atoms with E-state index in [9.17, 15) is 5.11 Å². The lowest BCUT2D eigenvalue weighted by molar-refractivity contribution is 0.159. The van der Waals surface area contributed by atoms with E-state index in [1.807, 2.05) is 18.2 Å². The summed E-state index contributed by atoms with van der Waals surface area (Å²) in [7, 11) is 0. The molecule has 1 heterocycles. The second kappa shape index (κ2) is 6.55. The number of unbranched alkanes of at least 4 members (excludes halogenated alkanes) is 3. The second-order valence-corrected chi connectivity index (χ2v) is 3.62. The molecule has 0 spiro atoms. The molecule has 0 amide bonds. The van der Waals surface area contributed by atoms with E-state index < -0.39 is 0 Å². The lowest BCUT2D eigenvalue weighted by Gasteiger charge is -2.08. The van der Waals surface area contributed by atoms with E-state index in [4.69, 9.17) is 0 Å². The third-order valence-electron chi connectivity index (χ3n) is 2.36. The van der Waals surface area contributed by atoms with Gasteiger partial charge in [0, 0.05) is 6.20 Å². The normalized spacial score (nSPS) is 12.7. The maximum absolute atomic E-state index is 9.76. The average molecular weight is 193 g/mol. The van der Waals surface area contributed by atoms with Crippen molar-refractivity contribution in [2.45, 2.75) is 45.1 Å². The molecule has 0 fully saturated rings. The quantitative estimate of drug-likeness (QED) is 0.704. The van der Waals surface area contributed by atoms with Gasteiger partial charge in [-0.2, -0.15) is 0 Å². The van der Waals surface area contributed by atoms with E-state index in [1.54, 1.807) is 6.20 Å². The minimum atomic E-state index is -0.381. The standard InChI is InChI=1S/C12H19NO/c1-2-3-4-5-9-12(14)11-8-6-7-10-13-11/h6-8,10,12,14H,2-5,9H2,1H3. The van der Waals surface area contributed by atoms with Crippen LogP contribution in [0.15, 0.2) is 24.4 Å². The third kappa shape index (κ3) is 3.88. The van der Waals surface area contributed by atoms with Gasteiger partial charge in [-0.3, -0.25) is 4.98 Å². The first-order valence-corrected chi connectivity index (χ1v) is 5.43. The van der Waals surface area contributed by atoms with Gasteiger partial charge in [0.1, 0.15) is 0 Å². The smallest absolute Gasteiger partial charge is 0.0959 e. The number of nitrogens with zero attached hydrogens (tertiary/aromatic N) is 1. The topological polar surface area (TPSA) is 33.1 Å². The SMILES string of the molecule is CCCCCCC(O)c1ccccn1. The molecule has 2 nitrogen and oxygen atoms in total. The maximum Gasteiger partial charge on any atom is 0.0959 e. The minimum absolute atomic E-state index is 0.381. The molecule has 0 bridgehead atoms. The molecule has 78 valence electrons. The van der Waals surface area contributed by atoms with Gasteiger partial charge >= 0.3 is 0 Å². The molecule has 2 heteroatoms. The van der Waals surface area contributed by atoms with Crippen LogP contribution < -0.4 is 0 Å². The van der Waals surface area contributed by atoms with Crippen LogP contribution >= 0.6 is 0 Å². The van der Waals surface area contributed by atoms with Crippen molar-refractivity contribution in [2.24, 2.45) is 0 Å². The Morgan fingerprint density at radius 1 is 1.29 bits per heavy atom. The highest BCUT2D eigenvalue weighted by molar-refractivity contribution is 5.06. The third-order valence-corrected chi connectivity index (χ3v) is 2.36. The Labute approximate surface area is 86.0 Å². The van der Waals surface area contributed by atoms with Crippen LogP contribution in [0.2, 0.25) is 0 Å². The minimum Gasteiger partial charge on any atom is -0.387 e. The van der Waals surface area contributed by atoms with Crippen molar-refractivity contribution in [1.29, 1.82) is 0 Å². The van der Waals surface area contributed by atoms with Crippen LogP contribution in [0.5, 0.6) is 0 Å². The number of pyridine rings is 1. The Morgan fingerprint density at radius 2 is 2.14 bits per heavy atom. The van der Waals surface area contributed by atoms with E-state index in [2.05, 4.69) is 11.9 Å². The Morgan fingerprint density at radius 3 is 2.79 bits per heavy atom. The summed E-state index contributed by atoms with van der Waals surface area (Å²) < 4.78 is 0. The van der Waals surface area contributed by atoms with Gasteiger partial charge in [-0.25, -0.2) is 0 Å². The Bertz CT molecular complexity index is 235. The first kappa shape index (κ1) is 11.2. The van der Waals surface area contributed by atoms with Crippen LogP contribution in [0.3, 0.4) is 0 Å². The van der Waals surface area contributed by atoms with E-state index in [0.29, 0.717) is 0 Å². The zero-order chi connectivity index (χ0) is 10.2. The summed E-state index contributed by atoms with van der Waals surface area (Å²) >= 11 is 0. The summed E-state index contributed by atoms with van der Waals surface area (Å²) in [6.07, 6.45) is 6.97. The fraction of sp³-hybridized carbons (Fsp3) is 0.583. The van der Waals surface area contributed by atoms with Gasteiger partial charge < -0.3 is 5.11 Å². The molecule has 1 atom stereocenters. The fourth-order valence-electron chi connectivity index (χ4n) is 1.49.